The van der Waals surface area contributed by atoms with Crippen LogP contribution in [0.5, 0.6) is 0 Å². The number of amides is 2. The van der Waals surface area contributed by atoms with E-state index < -0.39 is 36.8 Å². The molecule has 0 atom stereocenters. The Morgan fingerprint density at radius 3 is 2.41 bits per heavy atom. The van der Waals surface area contributed by atoms with Crippen molar-refractivity contribution in [3.05, 3.63) is 65.2 Å². The number of halogens is 3. The molecule has 0 fully saturated rings. The third-order valence-corrected chi connectivity index (χ3v) is 4.41. The van der Waals surface area contributed by atoms with Crippen LogP contribution in [-0.4, -0.2) is 37.5 Å². The molecule has 1 N–H and O–H groups in total. The Bertz CT molecular complexity index is 926. The first-order chi connectivity index (χ1) is 13.8. The molecule has 0 radical (unpaired) electrons. The first kappa shape index (κ1) is 20.4. The third-order valence-electron chi connectivity index (χ3n) is 4.41. The summed E-state index contributed by atoms with van der Waals surface area (Å²) in [6.45, 7) is -0.479. The molecule has 1 aliphatic rings. The van der Waals surface area contributed by atoms with Gasteiger partial charge >= 0.3 is 12.1 Å². The van der Waals surface area contributed by atoms with Crippen molar-refractivity contribution in [2.75, 3.05) is 24.6 Å². The van der Waals surface area contributed by atoms with Crippen LogP contribution in [0, 0.1) is 0 Å². The Morgan fingerprint density at radius 2 is 1.72 bits per heavy atom. The lowest BCUT2D eigenvalue weighted by Crippen LogP contribution is -2.36. The van der Waals surface area contributed by atoms with Gasteiger partial charge < -0.3 is 15.0 Å². The summed E-state index contributed by atoms with van der Waals surface area (Å²) in [5.41, 5.74) is 0.908. The third kappa shape index (κ3) is 4.92. The average molecular weight is 406 g/mol. The number of para-hydroxylation sites is 1. The zero-order chi connectivity index (χ0) is 21.0. The van der Waals surface area contributed by atoms with Crippen LogP contribution in [0.2, 0.25) is 0 Å². The highest BCUT2D eigenvalue weighted by Crippen LogP contribution is 2.29. The van der Waals surface area contributed by atoms with Crippen molar-refractivity contribution in [1.29, 1.82) is 0 Å². The number of carbonyl (C=O) groups excluding carboxylic acids is 3. The summed E-state index contributed by atoms with van der Waals surface area (Å²) >= 11 is 0. The standard InChI is InChI=1S/C20H17F3N2O4/c21-20(22,23)15-7-5-14(6-8-15)19(28)24-11-18(27)29-12-17(26)25-10-9-13-3-1-2-4-16(13)25/h1-8H,9-12H2,(H,24,28). The largest absolute Gasteiger partial charge is 0.454 e. The molecule has 9 heteroatoms. The van der Waals surface area contributed by atoms with Crippen LogP contribution in [0.25, 0.3) is 0 Å². The maximum absolute atomic E-state index is 12.5. The van der Waals surface area contributed by atoms with Gasteiger partial charge in [-0.1, -0.05) is 18.2 Å². The number of hydrogen-bond acceptors (Lipinski definition) is 4. The van der Waals surface area contributed by atoms with Crippen LogP contribution in [-0.2, 0) is 26.9 Å². The summed E-state index contributed by atoms with van der Waals surface area (Å²) in [6.07, 6.45) is -3.78. The number of benzene rings is 2. The summed E-state index contributed by atoms with van der Waals surface area (Å²) in [5, 5.41) is 2.25. The van der Waals surface area contributed by atoms with Crippen molar-refractivity contribution in [2.24, 2.45) is 0 Å². The quantitative estimate of drug-likeness (QED) is 0.775. The van der Waals surface area contributed by atoms with Gasteiger partial charge in [-0.25, -0.2) is 0 Å². The highest BCUT2D eigenvalue weighted by Gasteiger charge is 2.30. The van der Waals surface area contributed by atoms with Gasteiger partial charge in [-0.15, -0.1) is 0 Å². The molecule has 6 nitrogen and oxygen atoms in total. The molecule has 29 heavy (non-hydrogen) atoms. The zero-order valence-corrected chi connectivity index (χ0v) is 15.2. The van der Waals surface area contributed by atoms with E-state index in [1.54, 1.807) is 0 Å². The SMILES string of the molecule is O=C(CNC(=O)c1ccc(C(F)(F)F)cc1)OCC(=O)N1CCc2ccccc21. The molecule has 0 saturated carbocycles. The second-order valence-corrected chi connectivity index (χ2v) is 6.34. The second-order valence-electron chi connectivity index (χ2n) is 6.34. The molecule has 1 heterocycles. The van der Waals surface area contributed by atoms with Gasteiger partial charge in [0, 0.05) is 17.8 Å². The minimum absolute atomic E-state index is 0.0319. The minimum Gasteiger partial charge on any atom is -0.454 e. The van der Waals surface area contributed by atoms with E-state index in [9.17, 15) is 27.6 Å². The molecule has 3 rings (SSSR count). The zero-order valence-electron chi connectivity index (χ0n) is 15.2. The first-order valence-electron chi connectivity index (χ1n) is 8.75. The fourth-order valence-corrected chi connectivity index (χ4v) is 2.93. The number of nitrogens with one attached hydrogen (secondary N) is 1. The highest BCUT2D eigenvalue weighted by atomic mass is 19.4. The Labute approximate surface area is 164 Å². The number of ether oxygens (including phenoxy) is 1. The molecular formula is C20H17F3N2O4. The lowest BCUT2D eigenvalue weighted by Gasteiger charge is -2.17. The normalized spacial score (nSPS) is 13.0. The van der Waals surface area contributed by atoms with Gasteiger partial charge in [-0.05, 0) is 42.3 Å². The Hall–Kier alpha value is -3.36. The Balaban J connectivity index is 1.45. The van der Waals surface area contributed by atoms with Crippen LogP contribution in [0.1, 0.15) is 21.5 Å². The number of rotatable bonds is 5. The number of nitrogens with zero attached hydrogens (tertiary/aromatic N) is 1. The molecule has 0 bridgehead atoms. The van der Waals surface area contributed by atoms with Crippen LogP contribution in [0.15, 0.2) is 48.5 Å². The molecule has 2 aromatic rings. The smallest absolute Gasteiger partial charge is 0.416 e. The van der Waals surface area contributed by atoms with Crippen LogP contribution in [0.3, 0.4) is 0 Å². The van der Waals surface area contributed by atoms with Crippen LogP contribution < -0.4 is 10.2 Å². The highest BCUT2D eigenvalue weighted by molar-refractivity contribution is 5.98. The number of anilines is 1. The number of alkyl halides is 3. The molecule has 0 spiro atoms. The van der Waals surface area contributed by atoms with Gasteiger partial charge in [0.05, 0.1) is 5.56 Å². The fraction of sp³-hybridized carbons (Fsp3) is 0.250. The van der Waals surface area contributed by atoms with E-state index in [-0.39, 0.29) is 11.5 Å². The molecule has 152 valence electrons. The van der Waals surface area contributed by atoms with E-state index in [4.69, 9.17) is 4.74 Å². The van der Waals surface area contributed by atoms with Crippen molar-refractivity contribution >= 4 is 23.5 Å². The number of fused-ring (bicyclic) bond motifs is 1. The summed E-state index contributed by atoms with van der Waals surface area (Å²) in [5.74, 6) is -1.93. The van der Waals surface area contributed by atoms with Crippen molar-refractivity contribution in [1.82, 2.24) is 5.32 Å². The molecule has 2 aromatic carbocycles. The summed E-state index contributed by atoms with van der Waals surface area (Å²) in [4.78, 5) is 37.5. The molecule has 0 unspecified atom stereocenters. The Morgan fingerprint density at radius 1 is 1.03 bits per heavy atom. The minimum atomic E-state index is -4.50. The molecule has 2 amide bonds. The lowest BCUT2D eigenvalue weighted by atomic mass is 10.1. The predicted molar refractivity (Wildman–Crippen MR) is 97.2 cm³/mol. The van der Waals surface area contributed by atoms with Gasteiger partial charge in [-0.2, -0.15) is 13.2 Å². The molecule has 0 saturated heterocycles. The maximum atomic E-state index is 12.5. The van der Waals surface area contributed by atoms with Gasteiger partial charge in [-0.3, -0.25) is 14.4 Å². The first-order valence-corrected chi connectivity index (χ1v) is 8.75. The molecule has 0 aliphatic carbocycles. The topological polar surface area (TPSA) is 75.7 Å². The predicted octanol–water partition coefficient (Wildman–Crippen LogP) is 2.57. The molecular weight excluding hydrogens is 389 g/mol. The Kier molecular flexibility index (Phi) is 5.86. The van der Waals surface area contributed by atoms with Crippen molar-refractivity contribution < 1.29 is 32.3 Å². The number of esters is 1. The van der Waals surface area contributed by atoms with E-state index in [0.29, 0.717) is 6.54 Å². The fourth-order valence-electron chi connectivity index (χ4n) is 2.93. The van der Waals surface area contributed by atoms with Gasteiger partial charge in [0.2, 0.25) is 0 Å². The van der Waals surface area contributed by atoms with Gasteiger partial charge in [0.25, 0.3) is 11.8 Å². The maximum Gasteiger partial charge on any atom is 0.416 e. The van der Waals surface area contributed by atoms with Crippen LogP contribution >= 0.6 is 0 Å². The van der Waals surface area contributed by atoms with E-state index in [0.717, 1.165) is 41.9 Å². The van der Waals surface area contributed by atoms with E-state index in [1.807, 2.05) is 24.3 Å². The van der Waals surface area contributed by atoms with Crippen molar-refractivity contribution in [3.8, 4) is 0 Å². The number of carbonyl (C=O) groups is 3. The van der Waals surface area contributed by atoms with E-state index >= 15 is 0 Å². The van der Waals surface area contributed by atoms with E-state index in [2.05, 4.69) is 5.32 Å². The van der Waals surface area contributed by atoms with Crippen molar-refractivity contribution in [3.63, 3.8) is 0 Å². The summed E-state index contributed by atoms with van der Waals surface area (Å²) in [7, 11) is 0. The van der Waals surface area contributed by atoms with E-state index in [1.165, 1.54) is 4.90 Å². The van der Waals surface area contributed by atoms with Crippen molar-refractivity contribution in [2.45, 2.75) is 12.6 Å². The monoisotopic (exact) mass is 406 g/mol. The van der Waals surface area contributed by atoms with Crippen LogP contribution in [0.4, 0.5) is 18.9 Å². The molecule has 0 aromatic heterocycles. The van der Waals surface area contributed by atoms with Gasteiger partial charge in [0.1, 0.15) is 6.54 Å². The van der Waals surface area contributed by atoms with Gasteiger partial charge in [0.15, 0.2) is 6.61 Å². The lowest BCUT2D eigenvalue weighted by molar-refractivity contribution is -0.146. The molecule has 1 aliphatic heterocycles. The summed E-state index contributed by atoms with van der Waals surface area (Å²) < 4.78 is 42.5. The summed E-state index contributed by atoms with van der Waals surface area (Å²) in [6, 6.07) is 11.0. The number of hydrogen-bond donors (Lipinski definition) is 1. The second kappa shape index (κ2) is 8.34. The average Bonchev–Trinajstić information content (AvgIpc) is 3.14.